The van der Waals surface area contributed by atoms with Crippen LogP contribution in [0.15, 0.2) is 28.9 Å². The van der Waals surface area contributed by atoms with E-state index >= 15 is 0 Å². The molecule has 1 aromatic carbocycles. The van der Waals surface area contributed by atoms with Crippen molar-refractivity contribution in [2.45, 2.75) is 13.5 Å². The molecule has 6 heteroatoms. The molecule has 0 saturated carbocycles. The summed E-state index contributed by atoms with van der Waals surface area (Å²) >= 11 is 0. The molecule has 1 aromatic heterocycles. The Kier molecular flexibility index (Phi) is 3.88. The first-order chi connectivity index (χ1) is 8.70. The lowest BCUT2D eigenvalue weighted by molar-refractivity contribution is 0.313. The van der Waals surface area contributed by atoms with E-state index in [4.69, 9.17) is 9.15 Å². The molecular formula is C12H12F2N2O2. The number of oxazole rings is 1. The second-order valence-corrected chi connectivity index (χ2v) is 3.54. The number of benzene rings is 1. The van der Waals surface area contributed by atoms with E-state index in [0.717, 1.165) is 12.6 Å². The minimum Gasteiger partial charge on any atom is -0.417 e. The Morgan fingerprint density at radius 3 is 3.00 bits per heavy atom. The van der Waals surface area contributed by atoms with Crippen LogP contribution in [-0.4, -0.2) is 11.5 Å². The van der Waals surface area contributed by atoms with Gasteiger partial charge in [-0.25, -0.2) is 4.39 Å². The van der Waals surface area contributed by atoms with Gasteiger partial charge in [-0.15, -0.1) is 0 Å². The molecule has 0 fully saturated rings. The fourth-order valence-electron chi connectivity index (χ4n) is 1.33. The van der Waals surface area contributed by atoms with Crippen LogP contribution in [0.25, 0.3) is 0 Å². The van der Waals surface area contributed by atoms with E-state index in [9.17, 15) is 8.78 Å². The lowest BCUT2D eigenvalue weighted by Gasteiger charge is -2.02. The van der Waals surface area contributed by atoms with Gasteiger partial charge in [0.15, 0.2) is 11.6 Å². The zero-order chi connectivity index (χ0) is 13.0. The lowest BCUT2D eigenvalue weighted by atomic mass is 10.3. The number of ether oxygens (including phenoxy) is 1. The summed E-state index contributed by atoms with van der Waals surface area (Å²) in [6.45, 7) is 3.27. The van der Waals surface area contributed by atoms with Crippen LogP contribution in [-0.2, 0) is 6.54 Å². The minimum atomic E-state index is -1.07. The zero-order valence-electron chi connectivity index (χ0n) is 9.74. The Labute approximate surface area is 103 Å². The van der Waals surface area contributed by atoms with Crippen molar-refractivity contribution < 1.29 is 17.9 Å². The van der Waals surface area contributed by atoms with Crippen molar-refractivity contribution in [2.75, 3.05) is 6.54 Å². The first-order valence-corrected chi connectivity index (χ1v) is 5.47. The molecule has 0 saturated heterocycles. The van der Waals surface area contributed by atoms with Crippen molar-refractivity contribution in [3.63, 3.8) is 0 Å². The van der Waals surface area contributed by atoms with Gasteiger partial charge in [-0.2, -0.15) is 9.37 Å². The van der Waals surface area contributed by atoms with Gasteiger partial charge in [0.2, 0.25) is 5.82 Å². The van der Waals surface area contributed by atoms with Crippen LogP contribution in [0.1, 0.15) is 12.6 Å². The zero-order valence-corrected chi connectivity index (χ0v) is 9.74. The molecule has 0 aliphatic carbocycles. The van der Waals surface area contributed by atoms with Crippen molar-refractivity contribution in [3.05, 3.63) is 41.8 Å². The summed E-state index contributed by atoms with van der Waals surface area (Å²) in [4.78, 5) is 3.97. The molecule has 0 aliphatic heterocycles. The quantitative estimate of drug-likeness (QED) is 0.891. The number of hydrogen-bond acceptors (Lipinski definition) is 4. The highest BCUT2D eigenvalue weighted by atomic mass is 19.2. The summed E-state index contributed by atoms with van der Waals surface area (Å²) in [5.74, 6) is -2.30. The third-order valence-corrected chi connectivity index (χ3v) is 2.20. The average molecular weight is 254 g/mol. The van der Waals surface area contributed by atoms with Crippen LogP contribution in [0, 0.1) is 11.6 Å². The molecule has 2 aromatic rings. The fourth-order valence-corrected chi connectivity index (χ4v) is 1.33. The SMILES string of the molecule is CCNCc1coc(Oc2cccc(F)c2F)n1. The summed E-state index contributed by atoms with van der Waals surface area (Å²) in [6, 6.07) is 3.65. The van der Waals surface area contributed by atoms with Crippen molar-refractivity contribution in [3.8, 4) is 11.8 Å². The predicted molar refractivity (Wildman–Crippen MR) is 60.3 cm³/mol. The van der Waals surface area contributed by atoms with Gasteiger partial charge in [0, 0.05) is 6.54 Å². The molecule has 2 rings (SSSR count). The Balaban J connectivity index is 2.09. The van der Waals surface area contributed by atoms with E-state index in [1.165, 1.54) is 18.4 Å². The molecule has 18 heavy (non-hydrogen) atoms. The van der Waals surface area contributed by atoms with E-state index in [-0.39, 0.29) is 11.8 Å². The molecule has 1 N–H and O–H groups in total. The first kappa shape index (κ1) is 12.5. The van der Waals surface area contributed by atoms with Crippen LogP contribution >= 0.6 is 0 Å². The van der Waals surface area contributed by atoms with Crippen LogP contribution in [0.3, 0.4) is 0 Å². The maximum Gasteiger partial charge on any atom is 0.399 e. The molecule has 96 valence electrons. The fraction of sp³-hybridized carbons (Fsp3) is 0.250. The summed E-state index contributed by atoms with van der Waals surface area (Å²) in [5, 5.41) is 3.05. The van der Waals surface area contributed by atoms with Crippen molar-refractivity contribution in [1.29, 1.82) is 0 Å². The summed E-state index contributed by atoms with van der Waals surface area (Å²) in [5.41, 5.74) is 0.628. The maximum absolute atomic E-state index is 13.3. The van der Waals surface area contributed by atoms with E-state index in [1.807, 2.05) is 6.92 Å². The molecular weight excluding hydrogens is 242 g/mol. The summed E-state index contributed by atoms with van der Waals surface area (Å²) < 4.78 is 36.3. The number of halogens is 2. The molecule has 0 aliphatic rings. The molecule has 0 spiro atoms. The summed E-state index contributed by atoms with van der Waals surface area (Å²) in [6.07, 6.45) is 1.28. The number of nitrogens with one attached hydrogen (secondary N) is 1. The van der Waals surface area contributed by atoms with Crippen molar-refractivity contribution >= 4 is 0 Å². The van der Waals surface area contributed by atoms with Gasteiger partial charge in [0.1, 0.15) is 6.26 Å². The smallest absolute Gasteiger partial charge is 0.399 e. The molecule has 1 heterocycles. The topological polar surface area (TPSA) is 47.3 Å². The molecule has 0 radical (unpaired) electrons. The average Bonchev–Trinajstić information content (AvgIpc) is 2.80. The number of rotatable bonds is 5. The van der Waals surface area contributed by atoms with Gasteiger partial charge in [-0.1, -0.05) is 13.0 Å². The Hall–Kier alpha value is -1.95. The highest BCUT2D eigenvalue weighted by Gasteiger charge is 2.12. The number of nitrogens with zero attached hydrogens (tertiary/aromatic N) is 1. The van der Waals surface area contributed by atoms with E-state index in [2.05, 4.69) is 10.3 Å². The standard InChI is InChI=1S/C12H12F2N2O2/c1-2-15-6-8-7-17-12(16-8)18-10-5-3-4-9(13)11(10)14/h3-5,7,15H,2,6H2,1H3. The largest absolute Gasteiger partial charge is 0.417 e. The lowest BCUT2D eigenvalue weighted by Crippen LogP contribution is -2.11. The highest BCUT2D eigenvalue weighted by molar-refractivity contribution is 5.27. The van der Waals surface area contributed by atoms with Crippen LogP contribution in [0.5, 0.6) is 11.8 Å². The normalized spacial score (nSPS) is 10.6. The van der Waals surface area contributed by atoms with Gasteiger partial charge in [0.05, 0.1) is 5.69 Å². The van der Waals surface area contributed by atoms with Crippen molar-refractivity contribution in [1.82, 2.24) is 10.3 Å². The second kappa shape index (κ2) is 5.59. The third kappa shape index (κ3) is 2.84. The van der Waals surface area contributed by atoms with Crippen LogP contribution in [0.2, 0.25) is 0 Å². The van der Waals surface area contributed by atoms with E-state index < -0.39 is 11.6 Å². The van der Waals surface area contributed by atoms with E-state index in [0.29, 0.717) is 12.2 Å². The van der Waals surface area contributed by atoms with Crippen molar-refractivity contribution in [2.24, 2.45) is 0 Å². The number of aromatic nitrogens is 1. The van der Waals surface area contributed by atoms with E-state index in [1.54, 1.807) is 0 Å². The van der Waals surface area contributed by atoms with Crippen LogP contribution < -0.4 is 10.1 Å². The van der Waals surface area contributed by atoms with Gasteiger partial charge in [0.25, 0.3) is 0 Å². The summed E-state index contributed by atoms with van der Waals surface area (Å²) in [7, 11) is 0. The Morgan fingerprint density at radius 1 is 1.39 bits per heavy atom. The van der Waals surface area contributed by atoms with Gasteiger partial charge in [-0.3, -0.25) is 0 Å². The second-order valence-electron chi connectivity index (χ2n) is 3.54. The number of hydrogen-bond donors (Lipinski definition) is 1. The predicted octanol–water partition coefficient (Wildman–Crippen LogP) is 2.85. The molecule has 0 atom stereocenters. The monoisotopic (exact) mass is 254 g/mol. The van der Waals surface area contributed by atoms with Gasteiger partial charge >= 0.3 is 6.08 Å². The molecule has 0 amide bonds. The molecule has 4 nitrogen and oxygen atoms in total. The molecule has 0 bridgehead atoms. The Bertz CT molecular complexity index is 529. The van der Waals surface area contributed by atoms with Gasteiger partial charge < -0.3 is 14.5 Å². The highest BCUT2D eigenvalue weighted by Crippen LogP contribution is 2.25. The first-order valence-electron chi connectivity index (χ1n) is 5.47. The van der Waals surface area contributed by atoms with Gasteiger partial charge in [-0.05, 0) is 18.7 Å². The minimum absolute atomic E-state index is 0.118. The third-order valence-electron chi connectivity index (χ3n) is 2.20. The van der Waals surface area contributed by atoms with Crippen LogP contribution in [0.4, 0.5) is 8.78 Å². The Morgan fingerprint density at radius 2 is 2.22 bits per heavy atom. The maximum atomic E-state index is 13.3. The molecule has 0 unspecified atom stereocenters.